The average Bonchev–Trinajstić information content (AvgIpc) is 2.85. The minimum atomic E-state index is 0.482. The fourth-order valence-corrected chi connectivity index (χ4v) is 1.53. The molecule has 0 atom stereocenters. The molecule has 2 aromatic rings. The maximum absolute atomic E-state index is 5.68. The molecule has 0 saturated carbocycles. The number of nitrogens with one attached hydrogen (secondary N) is 1. The molecule has 0 saturated heterocycles. The Morgan fingerprint density at radius 3 is 3.00 bits per heavy atom. The van der Waals surface area contributed by atoms with E-state index in [1.54, 1.807) is 6.26 Å². The lowest BCUT2D eigenvalue weighted by atomic mass is 10.1. The third-order valence-electron chi connectivity index (χ3n) is 2.27. The molecule has 2 aromatic heterocycles. The molecule has 0 bridgehead atoms. The van der Waals surface area contributed by atoms with E-state index < -0.39 is 0 Å². The van der Waals surface area contributed by atoms with E-state index in [0.717, 1.165) is 29.1 Å². The van der Waals surface area contributed by atoms with Crippen LogP contribution in [0, 0.1) is 0 Å². The zero-order chi connectivity index (χ0) is 9.97. The first-order chi connectivity index (χ1) is 6.86. The lowest BCUT2D eigenvalue weighted by molar-refractivity contribution is 0.579. The van der Waals surface area contributed by atoms with Gasteiger partial charge in [-0.2, -0.15) is 5.10 Å². The highest BCUT2D eigenvalue weighted by Gasteiger charge is 2.13. The molecule has 0 aliphatic heterocycles. The van der Waals surface area contributed by atoms with Crippen molar-refractivity contribution in [1.29, 1.82) is 0 Å². The molecule has 0 aliphatic rings. The van der Waals surface area contributed by atoms with Crippen molar-refractivity contribution >= 4 is 0 Å². The molecule has 0 aliphatic carbocycles. The van der Waals surface area contributed by atoms with Crippen LogP contribution in [0.15, 0.2) is 22.8 Å². The summed E-state index contributed by atoms with van der Waals surface area (Å²) in [5.74, 6) is 0.765. The van der Waals surface area contributed by atoms with Crippen molar-refractivity contribution in [2.24, 2.45) is 5.73 Å². The van der Waals surface area contributed by atoms with Gasteiger partial charge in [-0.15, -0.1) is 0 Å². The van der Waals surface area contributed by atoms with E-state index in [4.69, 9.17) is 10.2 Å². The zero-order valence-electron chi connectivity index (χ0n) is 8.08. The molecule has 0 spiro atoms. The van der Waals surface area contributed by atoms with E-state index in [1.807, 2.05) is 12.1 Å². The van der Waals surface area contributed by atoms with Crippen molar-refractivity contribution in [3.63, 3.8) is 0 Å². The summed E-state index contributed by atoms with van der Waals surface area (Å²) in [5.41, 5.74) is 8.63. The fraction of sp³-hybridized carbons (Fsp3) is 0.300. The van der Waals surface area contributed by atoms with Crippen LogP contribution < -0.4 is 5.73 Å². The quantitative estimate of drug-likeness (QED) is 0.775. The maximum atomic E-state index is 5.68. The standard InChI is InChI=1S/C10H13N3O/c1-2-8-7(6-11)10(13-12-8)9-4-3-5-14-9/h3-5H,2,6,11H2,1H3,(H,12,13). The van der Waals surface area contributed by atoms with Crippen molar-refractivity contribution in [1.82, 2.24) is 10.2 Å². The molecule has 0 radical (unpaired) electrons. The lowest BCUT2D eigenvalue weighted by Crippen LogP contribution is -2.00. The molecule has 14 heavy (non-hydrogen) atoms. The molecule has 3 N–H and O–H groups in total. The van der Waals surface area contributed by atoms with Crippen molar-refractivity contribution in [2.75, 3.05) is 0 Å². The summed E-state index contributed by atoms with van der Waals surface area (Å²) in [6.45, 7) is 2.55. The minimum absolute atomic E-state index is 0.482. The van der Waals surface area contributed by atoms with Gasteiger partial charge in [0.15, 0.2) is 5.76 Å². The van der Waals surface area contributed by atoms with Crippen LogP contribution in [0.1, 0.15) is 18.2 Å². The van der Waals surface area contributed by atoms with Gasteiger partial charge < -0.3 is 10.2 Å². The molecule has 4 nitrogen and oxygen atoms in total. The molecule has 0 amide bonds. The summed E-state index contributed by atoms with van der Waals surface area (Å²) in [6.07, 6.45) is 2.54. The monoisotopic (exact) mass is 191 g/mol. The van der Waals surface area contributed by atoms with Gasteiger partial charge in [-0.05, 0) is 18.6 Å². The number of aryl methyl sites for hydroxylation is 1. The number of H-pyrrole nitrogens is 1. The van der Waals surface area contributed by atoms with Crippen LogP contribution in [0.5, 0.6) is 0 Å². The number of aromatic nitrogens is 2. The maximum Gasteiger partial charge on any atom is 0.154 e. The highest BCUT2D eigenvalue weighted by atomic mass is 16.3. The number of aromatic amines is 1. The zero-order valence-corrected chi connectivity index (χ0v) is 8.08. The Kier molecular flexibility index (Phi) is 2.37. The van der Waals surface area contributed by atoms with Gasteiger partial charge in [0, 0.05) is 17.8 Å². The molecule has 74 valence electrons. The first-order valence-corrected chi connectivity index (χ1v) is 4.66. The van der Waals surface area contributed by atoms with Crippen LogP contribution >= 0.6 is 0 Å². The van der Waals surface area contributed by atoms with Crippen molar-refractivity contribution in [3.05, 3.63) is 29.7 Å². The van der Waals surface area contributed by atoms with Gasteiger partial charge in [-0.25, -0.2) is 0 Å². The Morgan fingerprint density at radius 2 is 2.43 bits per heavy atom. The molecule has 0 unspecified atom stereocenters. The Bertz CT molecular complexity index is 403. The predicted octanol–water partition coefficient (Wildman–Crippen LogP) is 1.69. The number of nitrogens with zero attached hydrogens (tertiary/aromatic N) is 1. The number of furan rings is 1. The minimum Gasteiger partial charge on any atom is -0.463 e. The Hall–Kier alpha value is -1.55. The Balaban J connectivity index is 2.48. The van der Waals surface area contributed by atoms with Crippen LogP contribution in [0.3, 0.4) is 0 Å². The largest absolute Gasteiger partial charge is 0.463 e. The second kappa shape index (κ2) is 3.67. The predicted molar refractivity (Wildman–Crippen MR) is 53.6 cm³/mol. The van der Waals surface area contributed by atoms with E-state index >= 15 is 0 Å². The number of rotatable bonds is 3. The van der Waals surface area contributed by atoms with E-state index in [0.29, 0.717) is 6.54 Å². The summed E-state index contributed by atoms with van der Waals surface area (Å²) in [4.78, 5) is 0. The fourth-order valence-electron chi connectivity index (χ4n) is 1.53. The van der Waals surface area contributed by atoms with Gasteiger partial charge >= 0.3 is 0 Å². The van der Waals surface area contributed by atoms with E-state index in [2.05, 4.69) is 17.1 Å². The van der Waals surface area contributed by atoms with Gasteiger partial charge in [0.25, 0.3) is 0 Å². The highest BCUT2D eigenvalue weighted by molar-refractivity contribution is 5.58. The first kappa shape index (κ1) is 9.02. The van der Waals surface area contributed by atoms with Gasteiger partial charge in [0.2, 0.25) is 0 Å². The summed E-state index contributed by atoms with van der Waals surface area (Å²) < 4.78 is 5.28. The van der Waals surface area contributed by atoms with E-state index in [-0.39, 0.29) is 0 Å². The van der Waals surface area contributed by atoms with Crippen molar-refractivity contribution in [2.45, 2.75) is 19.9 Å². The van der Waals surface area contributed by atoms with Gasteiger partial charge in [0.05, 0.1) is 6.26 Å². The van der Waals surface area contributed by atoms with Gasteiger partial charge in [-0.1, -0.05) is 6.92 Å². The third kappa shape index (κ3) is 1.33. The number of hydrogen-bond acceptors (Lipinski definition) is 3. The second-order valence-electron chi connectivity index (χ2n) is 3.06. The normalized spacial score (nSPS) is 10.7. The molecule has 4 heteroatoms. The van der Waals surface area contributed by atoms with Crippen LogP contribution in [0.25, 0.3) is 11.5 Å². The van der Waals surface area contributed by atoms with Gasteiger partial charge in [0.1, 0.15) is 5.69 Å². The smallest absolute Gasteiger partial charge is 0.154 e. The topological polar surface area (TPSA) is 67.8 Å². The number of hydrogen-bond donors (Lipinski definition) is 2. The van der Waals surface area contributed by atoms with Crippen molar-refractivity contribution < 1.29 is 4.42 Å². The van der Waals surface area contributed by atoms with E-state index in [9.17, 15) is 0 Å². The van der Waals surface area contributed by atoms with Crippen LogP contribution in [0.4, 0.5) is 0 Å². The molecule has 2 rings (SSSR count). The summed E-state index contributed by atoms with van der Waals surface area (Å²) in [6, 6.07) is 3.73. The Labute approximate surface area is 82.1 Å². The molecular weight excluding hydrogens is 178 g/mol. The van der Waals surface area contributed by atoms with Crippen molar-refractivity contribution in [3.8, 4) is 11.5 Å². The van der Waals surface area contributed by atoms with Gasteiger partial charge in [-0.3, -0.25) is 5.10 Å². The highest BCUT2D eigenvalue weighted by Crippen LogP contribution is 2.23. The Morgan fingerprint density at radius 1 is 1.57 bits per heavy atom. The molecule has 2 heterocycles. The molecule has 0 fully saturated rings. The third-order valence-corrected chi connectivity index (χ3v) is 2.27. The molecular formula is C10H13N3O. The van der Waals surface area contributed by atoms with Crippen LogP contribution in [0.2, 0.25) is 0 Å². The first-order valence-electron chi connectivity index (χ1n) is 4.66. The number of nitrogens with two attached hydrogens (primary N) is 1. The lowest BCUT2D eigenvalue weighted by Gasteiger charge is -1.98. The summed E-state index contributed by atoms with van der Waals surface area (Å²) in [7, 11) is 0. The summed E-state index contributed by atoms with van der Waals surface area (Å²) >= 11 is 0. The second-order valence-corrected chi connectivity index (χ2v) is 3.06. The SMILES string of the molecule is CCc1[nH]nc(-c2ccco2)c1CN. The average molecular weight is 191 g/mol. The molecule has 0 aromatic carbocycles. The van der Waals surface area contributed by atoms with Crippen LogP contribution in [-0.2, 0) is 13.0 Å². The van der Waals surface area contributed by atoms with Crippen LogP contribution in [-0.4, -0.2) is 10.2 Å². The summed E-state index contributed by atoms with van der Waals surface area (Å²) in [5, 5.41) is 7.17. The van der Waals surface area contributed by atoms with E-state index in [1.165, 1.54) is 0 Å².